The van der Waals surface area contributed by atoms with Crippen LogP contribution in [0.2, 0.25) is 0 Å². The number of hydrogen-bond donors (Lipinski definition) is 2. The average Bonchev–Trinajstić information content (AvgIpc) is 3.02. The summed E-state index contributed by atoms with van der Waals surface area (Å²) in [5, 5.41) is 11.8. The molecule has 32 heavy (non-hydrogen) atoms. The van der Waals surface area contributed by atoms with Crippen LogP contribution in [0.4, 0.5) is 0 Å². The van der Waals surface area contributed by atoms with E-state index in [0.717, 1.165) is 6.42 Å². The number of ether oxygens (including phenoxy) is 1. The fraction of sp³-hybridized carbons (Fsp3) is 0.375. The molecule has 2 N–H and O–H groups in total. The number of benzene rings is 2. The number of carbonyl (C=O) groups is 3. The minimum atomic E-state index is -1.02. The average molecular weight is 455 g/mol. The molecule has 2 fully saturated rings. The maximum absolute atomic E-state index is 12.4. The first-order chi connectivity index (χ1) is 15.3. The van der Waals surface area contributed by atoms with E-state index in [1.807, 2.05) is 42.5 Å². The molecule has 3 atom stereocenters. The normalized spacial score (nSPS) is 23.2. The van der Waals surface area contributed by atoms with Gasteiger partial charge in [0.15, 0.2) is 0 Å². The Labute approximate surface area is 191 Å². The van der Waals surface area contributed by atoms with E-state index in [0.29, 0.717) is 5.75 Å². The zero-order valence-electron chi connectivity index (χ0n) is 18.0. The quantitative estimate of drug-likeness (QED) is 0.596. The third-order valence-electron chi connectivity index (χ3n) is 5.76. The molecule has 168 valence electrons. The lowest BCUT2D eigenvalue weighted by molar-refractivity contribution is -0.161. The summed E-state index contributed by atoms with van der Waals surface area (Å²) in [6, 6.07) is 16.4. The van der Waals surface area contributed by atoms with Crippen molar-refractivity contribution in [3.63, 3.8) is 0 Å². The van der Waals surface area contributed by atoms with Crippen LogP contribution < -0.4 is 10.1 Å². The lowest BCUT2D eigenvalue weighted by Gasteiger charge is -2.43. The van der Waals surface area contributed by atoms with Crippen molar-refractivity contribution in [3.8, 4) is 5.75 Å². The van der Waals surface area contributed by atoms with Crippen LogP contribution in [-0.4, -0.2) is 56.6 Å². The lowest BCUT2D eigenvalue weighted by atomic mass is 9.96. The second kappa shape index (κ2) is 8.86. The lowest BCUT2D eigenvalue weighted by Crippen LogP contribution is -2.70. The molecule has 2 aromatic rings. The fourth-order valence-electron chi connectivity index (χ4n) is 4.19. The molecule has 0 radical (unpaired) electrons. The Morgan fingerprint density at radius 1 is 1.09 bits per heavy atom. The number of hydrogen-bond acceptors (Lipinski definition) is 5. The molecule has 0 bridgehead atoms. The summed E-state index contributed by atoms with van der Waals surface area (Å²) in [4.78, 5) is 37.7. The smallest absolute Gasteiger partial charge is 0.327 e. The zero-order chi connectivity index (χ0) is 22.9. The fourth-order valence-corrected chi connectivity index (χ4v) is 5.81. The van der Waals surface area contributed by atoms with Gasteiger partial charge in [-0.15, -0.1) is 11.8 Å². The number of β-lactam (4-membered cyclic amide) rings is 1. The van der Waals surface area contributed by atoms with Crippen molar-refractivity contribution < 1.29 is 24.2 Å². The molecule has 0 saturated carbocycles. The zero-order valence-corrected chi connectivity index (χ0v) is 18.8. The predicted molar refractivity (Wildman–Crippen MR) is 121 cm³/mol. The van der Waals surface area contributed by atoms with Gasteiger partial charge in [0.25, 0.3) is 0 Å². The first-order valence-corrected chi connectivity index (χ1v) is 11.4. The largest absolute Gasteiger partial charge is 0.493 e. The molecule has 0 unspecified atom stereocenters. The van der Waals surface area contributed by atoms with Gasteiger partial charge < -0.3 is 20.1 Å². The van der Waals surface area contributed by atoms with Crippen molar-refractivity contribution in [1.82, 2.24) is 10.2 Å². The van der Waals surface area contributed by atoms with Gasteiger partial charge in [-0.05, 0) is 43.5 Å². The van der Waals surface area contributed by atoms with Gasteiger partial charge in [0.1, 0.15) is 23.2 Å². The van der Waals surface area contributed by atoms with Crippen molar-refractivity contribution >= 4 is 29.5 Å². The number of carboxylic acids is 1. The van der Waals surface area contributed by atoms with Gasteiger partial charge in [-0.3, -0.25) is 9.59 Å². The topological polar surface area (TPSA) is 95.9 Å². The minimum absolute atomic E-state index is 0.110. The number of thioether (sulfide) groups is 1. The molecule has 7 nitrogen and oxygen atoms in total. The molecular formula is C24H26N2O5S. The van der Waals surface area contributed by atoms with E-state index >= 15 is 0 Å². The third kappa shape index (κ3) is 4.46. The standard InChI is InChI=1S/C24H26N2O5S/c1-24(2)20(23(29)30)26-21(28)19(22(26)32-24)25-18(27)12-13-31-17-10-8-16(9-11-17)14-15-6-4-3-5-7-15/h3-11,19-20,22H,12-14H2,1-2H3,(H,25,27)(H,29,30)/t19-,20+,22-/m1/s1. The van der Waals surface area contributed by atoms with Gasteiger partial charge in [-0.25, -0.2) is 4.79 Å². The van der Waals surface area contributed by atoms with Crippen LogP contribution in [0.5, 0.6) is 5.75 Å². The Morgan fingerprint density at radius 2 is 1.75 bits per heavy atom. The van der Waals surface area contributed by atoms with Crippen molar-refractivity contribution in [1.29, 1.82) is 0 Å². The summed E-state index contributed by atoms with van der Waals surface area (Å²) >= 11 is 1.41. The molecule has 2 heterocycles. The monoisotopic (exact) mass is 454 g/mol. The van der Waals surface area contributed by atoms with Crippen LogP contribution in [0.15, 0.2) is 54.6 Å². The predicted octanol–water partition coefficient (Wildman–Crippen LogP) is 2.68. The van der Waals surface area contributed by atoms with E-state index < -0.39 is 22.8 Å². The Morgan fingerprint density at radius 3 is 2.41 bits per heavy atom. The summed E-state index contributed by atoms with van der Waals surface area (Å²) in [7, 11) is 0. The molecule has 0 spiro atoms. The van der Waals surface area contributed by atoms with Crippen LogP contribution in [0.1, 0.15) is 31.4 Å². The van der Waals surface area contributed by atoms with Crippen molar-refractivity contribution in [2.75, 3.05) is 6.61 Å². The number of nitrogens with one attached hydrogen (secondary N) is 1. The molecular weight excluding hydrogens is 428 g/mol. The van der Waals surface area contributed by atoms with Crippen LogP contribution in [-0.2, 0) is 20.8 Å². The summed E-state index contributed by atoms with van der Waals surface area (Å²) in [6.45, 7) is 3.80. The molecule has 2 aliphatic heterocycles. The van der Waals surface area contributed by atoms with Gasteiger partial charge in [0.2, 0.25) is 11.8 Å². The Bertz CT molecular complexity index is 1010. The summed E-state index contributed by atoms with van der Waals surface area (Å²) in [6.07, 6.45) is 0.952. The molecule has 2 aliphatic rings. The molecule has 0 aliphatic carbocycles. The molecule has 4 rings (SSSR count). The van der Waals surface area contributed by atoms with Crippen LogP contribution in [0.25, 0.3) is 0 Å². The number of amides is 2. The maximum atomic E-state index is 12.4. The Balaban J connectivity index is 1.23. The molecule has 2 amide bonds. The first kappa shape index (κ1) is 22.2. The van der Waals surface area contributed by atoms with Crippen LogP contribution in [0, 0.1) is 0 Å². The minimum Gasteiger partial charge on any atom is -0.493 e. The van der Waals surface area contributed by atoms with E-state index in [2.05, 4.69) is 17.4 Å². The van der Waals surface area contributed by atoms with Gasteiger partial charge in [-0.2, -0.15) is 0 Å². The summed E-state index contributed by atoms with van der Waals surface area (Å²) < 4.78 is 5.06. The molecule has 2 aromatic carbocycles. The maximum Gasteiger partial charge on any atom is 0.327 e. The van der Waals surface area contributed by atoms with Crippen molar-refractivity contribution in [3.05, 3.63) is 65.7 Å². The third-order valence-corrected chi connectivity index (χ3v) is 7.34. The van der Waals surface area contributed by atoms with Gasteiger partial charge in [0, 0.05) is 4.75 Å². The summed E-state index contributed by atoms with van der Waals surface area (Å²) in [5.74, 6) is -0.978. The highest BCUT2D eigenvalue weighted by Gasteiger charge is 2.64. The van der Waals surface area contributed by atoms with E-state index in [4.69, 9.17) is 4.74 Å². The molecule has 8 heteroatoms. The number of aliphatic carboxylic acids is 1. The van der Waals surface area contributed by atoms with Crippen LogP contribution >= 0.6 is 11.8 Å². The molecule has 2 saturated heterocycles. The highest BCUT2D eigenvalue weighted by atomic mass is 32.2. The van der Waals surface area contributed by atoms with E-state index in [1.165, 1.54) is 27.8 Å². The molecule has 0 aromatic heterocycles. The second-order valence-corrected chi connectivity index (χ2v) is 10.3. The SMILES string of the molecule is CC1(C)S[C@@H]2[C@H](NC(=O)CCOc3ccc(Cc4ccccc4)cc3)C(=O)N2[C@H]1C(=O)O. The summed E-state index contributed by atoms with van der Waals surface area (Å²) in [5.41, 5.74) is 2.41. The number of nitrogens with zero attached hydrogens (tertiary/aromatic N) is 1. The van der Waals surface area contributed by atoms with Crippen molar-refractivity contribution in [2.45, 2.75) is 48.9 Å². The number of carbonyl (C=O) groups excluding carboxylic acids is 2. The second-order valence-electron chi connectivity index (χ2n) is 8.55. The van der Waals surface area contributed by atoms with Gasteiger partial charge in [0.05, 0.1) is 13.0 Å². The number of carboxylic acid groups (broad SMARTS) is 1. The van der Waals surface area contributed by atoms with Gasteiger partial charge >= 0.3 is 5.97 Å². The number of rotatable bonds is 8. The van der Waals surface area contributed by atoms with Crippen LogP contribution in [0.3, 0.4) is 0 Å². The van der Waals surface area contributed by atoms with E-state index in [1.54, 1.807) is 13.8 Å². The van der Waals surface area contributed by atoms with Gasteiger partial charge in [-0.1, -0.05) is 42.5 Å². The highest BCUT2D eigenvalue weighted by Crippen LogP contribution is 2.50. The first-order valence-electron chi connectivity index (χ1n) is 10.5. The highest BCUT2D eigenvalue weighted by molar-refractivity contribution is 8.01. The van der Waals surface area contributed by atoms with E-state index in [9.17, 15) is 19.5 Å². The Hall–Kier alpha value is -3.00. The Kier molecular flexibility index (Phi) is 6.15. The van der Waals surface area contributed by atoms with E-state index in [-0.39, 0.29) is 30.2 Å². The number of fused-ring (bicyclic) bond motifs is 1. The van der Waals surface area contributed by atoms with Crippen molar-refractivity contribution in [2.24, 2.45) is 0 Å².